The molecule has 12 rings (SSSR count). The van der Waals surface area contributed by atoms with E-state index in [9.17, 15) is 0 Å². The van der Waals surface area contributed by atoms with Gasteiger partial charge < -0.3 is 0 Å². The normalized spacial score (nSPS) is 13.0. The van der Waals surface area contributed by atoms with Crippen LogP contribution in [0.15, 0.2) is 194 Å². The van der Waals surface area contributed by atoms with Crippen LogP contribution >= 0.6 is 11.3 Å². The molecule has 0 N–H and O–H groups in total. The summed E-state index contributed by atoms with van der Waals surface area (Å²) in [6, 6.07) is 70.6. The molecule has 11 aromatic rings. The number of nitrogens with zero attached hydrogens (tertiary/aromatic N) is 2. The number of aromatic nitrogens is 2. The first-order valence-electron chi connectivity index (χ1n) is 20.6. The summed E-state index contributed by atoms with van der Waals surface area (Å²) < 4.78 is 2.63. The van der Waals surface area contributed by atoms with Crippen molar-refractivity contribution in [1.82, 2.24) is 9.97 Å². The van der Waals surface area contributed by atoms with Crippen molar-refractivity contribution in [3.63, 3.8) is 0 Å². The molecule has 0 atom stereocenters. The average Bonchev–Trinajstić information content (AvgIpc) is 3.79. The van der Waals surface area contributed by atoms with Crippen LogP contribution in [0.4, 0.5) is 0 Å². The predicted molar refractivity (Wildman–Crippen MR) is 255 cm³/mol. The highest BCUT2D eigenvalue weighted by molar-refractivity contribution is 7.25. The quantitative estimate of drug-likeness (QED) is 0.174. The fraction of sp³-hybridized carbons (Fsp3) is 0.0526. The van der Waals surface area contributed by atoms with E-state index in [1.165, 1.54) is 86.2 Å². The number of thiophene rings is 1. The molecule has 0 spiro atoms. The van der Waals surface area contributed by atoms with Gasteiger partial charge in [0.15, 0.2) is 5.82 Å². The number of benzene rings is 9. The van der Waals surface area contributed by atoms with Crippen LogP contribution in [-0.4, -0.2) is 9.97 Å². The number of rotatable bonds is 5. The molecule has 1 aliphatic carbocycles. The van der Waals surface area contributed by atoms with Gasteiger partial charge in [0.1, 0.15) is 0 Å². The zero-order chi connectivity index (χ0) is 40.0. The number of fused-ring (bicyclic) bond motifs is 8. The maximum Gasteiger partial charge on any atom is 0.160 e. The molecule has 0 fully saturated rings. The third kappa shape index (κ3) is 5.47. The minimum absolute atomic E-state index is 0.114. The van der Waals surface area contributed by atoms with Gasteiger partial charge in [-0.15, -0.1) is 11.3 Å². The Kier molecular flexibility index (Phi) is 7.79. The second-order valence-corrected chi connectivity index (χ2v) is 17.6. The Morgan fingerprint density at radius 2 is 1.00 bits per heavy atom. The zero-order valence-corrected chi connectivity index (χ0v) is 34.1. The van der Waals surface area contributed by atoms with E-state index < -0.39 is 0 Å². The SMILES string of the molecule is CC1(C)c2cc3ccccc3cc2-c2c(-c3ccc(-c4cc(-c5ccc(-c6ccc7c(c6)sc6ccccc67)cc5)nc(-c5ccccc5)n4)c4ccccc34)cccc21. The summed E-state index contributed by atoms with van der Waals surface area (Å²) >= 11 is 1.86. The molecule has 2 heterocycles. The highest BCUT2D eigenvalue weighted by Gasteiger charge is 2.37. The number of hydrogen-bond acceptors (Lipinski definition) is 3. The van der Waals surface area contributed by atoms with E-state index in [1.807, 2.05) is 17.4 Å². The van der Waals surface area contributed by atoms with Gasteiger partial charge in [-0.25, -0.2) is 9.97 Å². The van der Waals surface area contributed by atoms with Crippen LogP contribution in [0, 0.1) is 0 Å². The van der Waals surface area contributed by atoms with Gasteiger partial charge in [-0.3, -0.25) is 0 Å². The Morgan fingerprint density at radius 3 is 1.82 bits per heavy atom. The van der Waals surface area contributed by atoms with Gasteiger partial charge in [0.25, 0.3) is 0 Å². The van der Waals surface area contributed by atoms with Crippen LogP contribution in [0.1, 0.15) is 25.0 Å². The Labute approximate surface area is 353 Å². The fourth-order valence-corrected chi connectivity index (χ4v) is 10.8. The van der Waals surface area contributed by atoms with Crippen molar-refractivity contribution in [2.75, 3.05) is 0 Å². The van der Waals surface area contributed by atoms with E-state index >= 15 is 0 Å². The van der Waals surface area contributed by atoms with Crippen molar-refractivity contribution >= 4 is 53.1 Å². The van der Waals surface area contributed by atoms with Gasteiger partial charge in [-0.2, -0.15) is 0 Å². The lowest BCUT2D eigenvalue weighted by molar-refractivity contribution is 0.661. The van der Waals surface area contributed by atoms with Crippen LogP contribution in [0.5, 0.6) is 0 Å². The first kappa shape index (κ1) is 34.8. The Balaban J connectivity index is 0.985. The van der Waals surface area contributed by atoms with E-state index in [0.29, 0.717) is 5.82 Å². The molecule has 1 aliphatic rings. The van der Waals surface area contributed by atoms with Crippen LogP contribution in [0.25, 0.3) is 109 Å². The van der Waals surface area contributed by atoms with Crippen molar-refractivity contribution in [3.05, 3.63) is 205 Å². The second-order valence-electron chi connectivity index (χ2n) is 16.5. The van der Waals surface area contributed by atoms with Crippen molar-refractivity contribution in [2.24, 2.45) is 0 Å². The molecule has 3 heteroatoms. The molecule has 2 nitrogen and oxygen atoms in total. The minimum atomic E-state index is -0.114. The third-order valence-corrected chi connectivity index (χ3v) is 13.8. The lowest BCUT2D eigenvalue weighted by atomic mass is 9.81. The van der Waals surface area contributed by atoms with Crippen LogP contribution < -0.4 is 0 Å². The summed E-state index contributed by atoms with van der Waals surface area (Å²) in [5.41, 5.74) is 15.1. The van der Waals surface area contributed by atoms with Gasteiger partial charge >= 0.3 is 0 Å². The summed E-state index contributed by atoms with van der Waals surface area (Å²) in [6.45, 7) is 4.74. The van der Waals surface area contributed by atoms with Crippen molar-refractivity contribution in [1.29, 1.82) is 0 Å². The van der Waals surface area contributed by atoms with Crippen LogP contribution in [0.3, 0.4) is 0 Å². The lowest BCUT2D eigenvalue weighted by Gasteiger charge is -2.22. The maximum atomic E-state index is 5.29. The Morgan fingerprint density at radius 1 is 0.367 bits per heavy atom. The molecule has 9 aromatic carbocycles. The van der Waals surface area contributed by atoms with Gasteiger partial charge in [0.05, 0.1) is 11.4 Å². The summed E-state index contributed by atoms with van der Waals surface area (Å²) in [5, 5.41) is 7.56. The minimum Gasteiger partial charge on any atom is -0.228 e. The average molecular weight is 783 g/mol. The largest absolute Gasteiger partial charge is 0.228 e. The molecule has 0 saturated carbocycles. The Hall–Kier alpha value is -7.20. The summed E-state index contributed by atoms with van der Waals surface area (Å²) in [5.74, 6) is 0.711. The molecular formula is C57H38N2S. The van der Waals surface area contributed by atoms with E-state index in [4.69, 9.17) is 9.97 Å². The smallest absolute Gasteiger partial charge is 0.160 e. The van der Waals surface area contributed by atoms with Crippen LogP contribution in [-0.2, 0) is 5.41 Å². The van der Waals surface area contributed by atoms with Crippen molar-refractivity contribution in [3.8, 4) is 67.3 Å². The molecule has 2 aromatic heterocycles. The van der Waals surface area contributed by atoms with Crippen molar-refractivity contribution in [2.45, 2.75) is 19.3 Å². The maximum absolute atomic E-state index is 5.29. The highest BCUT2D eigenvalue weighted by atomic mass is 32.1. The fourth-order valence-electron chi connectivity index (χ4n) is 9.64. The van der Waals surface area contributed by atoms with Gasteiger partial charge in [0, 0.05) is 42.3 Å². The lowest BCUT2D eigenvalue weighted by Crippen LogP contribution is -2.14. The zero-order valence-electron chi connectivity index (χ0n) is 33.3. The molecular weight excluding hydrogens is 745 g/mol. The van der Waals surface area contributed by atoms with Crippen molar-refractivity contribution < 1.29 is 0 Å². The van der Waals surface area contributed by atoms with Crippen LogP contribution in [0.2, 0.25) is 0 Å². The topological polar surface area (TPSA) is 25.8 Å². The van der Waals surface area contributed by atoms with E-state index in [2.05, 4.69) is 202 Å². The predicted octanol–water partition coefficient (Wildman–Crippen LogP) is 15.8. The van der Waals surface area contributed by atoms with Gasteiger partial charge in [-0.05, 0) is 96.4 Å². The van der Waals surface area contributed by atoms with Gasteiger partial charge in [-0.1, -0.05) is 178 Å². The molecule has 0 saturated heterocycles. The molecule has 60 heavy (non-hydrogen) atoms. The standard InChI is InChI=1S/C57H38N2S/c1-57(2)49-21-12-20-47(55(49)48-31-38-15-6-7-16-39(38)32-50(48)57)43-29-30-44(42-18-9-8-17-41(42)43)52-34-51(58-56(59-52)37-13-4-3-5-14-37)36-25-23-35(24-26-36)40-27-28-46-45-19-10-11-22-53(45)60-54(46)33-40/h3-34H,1-2H3. The first-order chi connectivity index (χ1) is 29.5. The molecule has 0 aliphatic heterocycles. The molecule has 0 unspecified atom stereocenters. The summed E-state index contributed by atoms with van der Waals surface area (Å²) in [7, 11) is 0. The molecule has 0 bridgehead atoms. The monoisotopic (exact) mass is 782 g/mol. The highest BCUT2D eigenvalue weighted by Crippen LogP contribution is 2.54. The Bertz CT molecular complexity index is 3500. The molecule has 282 valence electrons. The summed E-state index contributed by atoms with van der Waals surface area (Å²) in [6.07, 6.45) is 0. The summed E-state index contributed by atoms with van der Waals surface area (Å²) in [4.78, 5) is 10.5. The van der Waals surface area contributed by atoms with E-state index in [1.54, 1.807) is 0 Å². The second kappa shape index (κ2) is 13.4. The van der Waals surface area contributed by atoms with E-state index in [-0.39, 0.29) is 5.41 Å². The molecule has 0 radical (unpaired) electrons. The molecule has 0 amide bonds. The van der Waals surface area contributed by atoms with Gasteiger partial charge in [0.2, 0.25) is 0 Å². The van der Waals surface area contributed by atoms with E-state index in [0.717, 1.165) is 28.1 Å². The first-order valence-corrected chi connectivity index (χ1v) is 21.5. The third-order valence-electron chi connectivity index (χ3n) is 12.7. The number of hydrogen-bond donors (Lipinski definition) is 0.